The minimum absolute atomic E-state index is 0.00677. The molecule has 0 aliphatic rings. The average molecular weight is 419 g/mol. The van der Waals surface area contributed by atoms with Crippen LogP contribution in [0.15, 0.2) is 48.6 Å². The number of benzene rings is 2. The number of hydrogen-bond acceptors (Lipinski definition) is 4. The molecule has 2 aromatic rings. The predicted molar refractivity (Wildman–Crippen MR) is 100.0 cm³/mol. The number of ether oxygens (including phenoxy) is 1. The lowest BCUT2D eigenvalue weighted by Crippen LogP contribution is -2.17. The van der Waals surface area contributed by atoms with Gasteiger partial charge in [-0.1, -0.05) is 35.3 Å². The van der Waals surface area contributed by atoms with Crippen LogP contribution < -0.4 is 10.1 Å². The van der Waals surface area contributed by atoms with Gasteiger partial charge in [0.25, 0.3) is 0 Å². The third kappa shape index (κ3) is 6.46. The van der Waals surface area contributed by atoms with E-state index >= 15 is 0 Å². The lowest BCUT2D eigenvalue weighted by Gasteiger charge is -2.15. The van der Waals surface area contributed by atoms with Gasteiger partial charge >= 0.3 is 6.36 Å². The highest BCUT2D eigenvalue weighted by atomic mass is 35.5. The highest BCUT2D eigenvalue weighted by molar-refractivity contribution is 6.35. The number of nitrogens with one attached hydrogen (secondary N) is 2. The highest BCUT2D eigenvalue weighted by Crippen LogP contribution is 2.29. The van der Waals surface area contributed by atoms with Crippen LogP contribution in [0.4, 0.5) is 18.9 Å². The molecule has 0 saturated heterocycles. The fourth-order valence-electron chi connectivity index (χ4n) is 2.22. The van der Waals surface area contributed by atoms with E-state index in [-0.39, 0.29) is 24.6 Å². The summed E-state index contributed by atoms with van der Waals surface area (Å²) < 4.78 is 41.4. The Hall–Kier alpha value is -2.22. The SMILES string of the molecule is N=C(/C=C/CO)c1ccc(OC(F)(F)F)cc1NCc1ccc(Cl)cc1Cl. The van der Waals surface area contributed by atoms with Crippen LogP contribution in [0.3, 0.4) is 0 Å². The fourth-order valence-corrected chi connectivity index (χ4v) is 2.69. The normalized spacial score (nSPS) is 11.6. The first-order chi connectivity index (χ1) is 12.7. The van der Waals surface area contributed by atoms with E-state index in [0.29, 0.717) is 21.2 Å². The summed E-state index contributed by atoms with van der Waals surface area (Å²) in [7, 11) is 0. The zero-order valence-corrected chi connectivity index (χ0v) is 15.3. The van der Waals surface area contributed by atoms with Crippen LogP contribution in [0.25, 0.3) is 0 Å². The number of halogens is 5. The van der Waals surface area contributed by atoms with Crippen molar-refractivity contribution in [1.82, 2.24) is 0 Å². The minimum atomic E-state index is -4.83. The zero-order chi connectivity index (χ0) is 20.0. The van der Waals surface area contributed by atoms with Crippen molar-refractivity contribution >= 4 is 34.6 Å². The highest BCUT2D eigenvalue weighted by Gasteiger charge is 2.31. The lowest BCUT2D eigenvalue weighted by molar-refractivity contribution is -0.274. The maximum atomic E-state index is 12.5. The van der Waals surface area contributed by atoms with E-state index < -0.39 is 12.1 Å². The van der Waals surface area contributed by atoms with Crippen molar-refractivity contribution in [2.45, 2.75) is 12.9 Å². The predicted octanol–water partition coefficient (Wildman–Crippen LogP) is 5.42. The minimum Gasteiger partial charge on any atom is -0.406 e. The monoisotopic (exact) mass is 418 g/mol. The van der Waals surface area contributed by atoms with Gasteiger partial charge in [-0.25, -0.2) is 0 Å². The summed E-state index contributed by atoms with van der Waals surface area (Å²) in [6.07, 6.45) is -2.13. The number of aliphatic hydroxyl groups excluding tert-OH is 1. The van der Waals surface area contributed by atoms with Crippen LogP contribution >= 0.6 is 23.2 Å². The lowest BCUT2D eigenvalue weighted by atomic mass is 10.1. The van der Waals surface area contributed by atoms with E-state index in [1.165, 1.54) is 18.2 Å². The molecule has 2 rings (SSSR count). The largest absolute Gasteiger partial charge is 0.573 e. The Bertz CT molecular complexity index is 855. The third-order valence-corrected chi connectivity index (χ3v) is 3.98. The quantitative estimate of drug-likeness (QED) is 0.525. The maximum Gasteiger partial charge on any atom is 0.573 e. The standard InChI is InChI=1S/C18H15Cl2F3N2O2/c19-12-4-3-11(15(20)8-12)10-25-17-9-13(27-18(21,22)23)5-6-14(17)16(24)2-1-7-26/h1-6,8-9,24-26H,7,10H2/b2-1+,24-16?. The molecule has 9 heteroatoms. The molecular formula is C18H15Cl2F3N2O2. The van der Waals surface area contributed by atoms with Crippen LogP contribution in [-0.2, 0) is 6.54 Å². The smallest absolute Gasteiger partial charge is 0.406 e. The molecule has 0 heterocycles. The summed E-state index contributed by atoms with van der Waals surface area (Å²) >= 11 is 12.0. The number of anilines is 1. The summed E-state index contributed by atoms with van der Waals surface area (Å²) in [5, 5.41) is 20.7. The van der Waals surface area contributed by atoms with Gasteiger partial charge in [0.15, 0.2) is 0 Å². The van der Waals surface area contributed by atoms with Crippen LogP contribution in [0.5, 0.6) is 5.75 Å². The van der Waals surface area contributed by atoms with Crippen molar-refractivity contribution < 1.29 is 23.0 Å². The number of rotatable bonds is 7. The maximum absolute atomic E-state index is 12.5. The van der Waals surface area contributed by atoms with Crippen LogP contribution in [0.2, 0.25) is 10.0 Å². The second-order valence-corrected chi connectivity index (χ2v) is 6.19. The van der Waals surface area contributed by atoms with E-state index in [4.69, 9.17) is 33.7 Å². The molecule has 0 aliphatic carbocycles. The molecule has 0 aromatic heterocycles. The van der Waals surface area contributed by atoms with Crippen LogP contribution in [0, 0.1) is 5.41 Å². The fraction of sp³-hybridized carbons (Fsp3) is 0.167. The number of hydrogen-bond donors (Lipinski definition) is 3. The van der Waals surface area contributed by atoms with Gasteiger partial charge in [-0.3, -0.25) is 0 Å². The first-order valence-electron chi connectivity index (χ1n) is 7.63. The molecule has 27 heavy (non-hydrogen) atoms. The topological polar surface area (TPSA) is 65.3 Å². The van der Waals surface area contributed by atoms with E-state index in [2.05, 4.69) is 10.1 Å². The van der Waals surface area contributed by atoms with E-state index in [0.717, 1.165) is 12.1 Å². The molecule has 0 saturated carbocycles. The van der Waals surface area contributed by atoms with Crippen LogP contribution in [0.1, 0.15) is 11.1 Å². The summed E-state index contributed by atoms with van der Waals surface area (Å²) in [5.74, 6) is -0.421. The molecule has 0 radical (unpaired) electrons. The molecule has 0 atom stereocenters. The Balaban J connectivity index is 2.32. The van der Waals surface area contributed by atoms with Gasteiger partial charge in [-0.05, 0) is 35.9 Å². The molecule has 0 aliphatic heterocycles. The summed E-state index contributed by atoms with van der Waals surface area (Å²) in [6.45, 7) is -0.0732. The summed E-state index contributed by atoms with van der Waals surface area (Å²) in [4.78, 5) is 0. The van der Waals surface area contributed by atoms with Gasteiger partial charge in [0.05, 0.1) is 12.3 Å². The number of allylic oxidation sites excluding steroid dienone is 1. The average Bonchev–Trinajstić information content (AvgIpc) is 2.57. The first-order valence-corrected chi connectivity index (χ1v) is 8.39. The Labute approximate surface area is 163 Å². The van der Waals surface area contributed by atoms with Gasteiger partial charge < -0.3 is 20.6 Å². The molecular weight excluding hydrogens is 404 g/mol. The van der Waals surface area contributed by atoms with E-state index in [1.54, 1.807) is 18.2 Å². The zero-order valence-electron chi connectivity index (χ0n) is 13.8. The van der Waals surface area contributed by atoms with Crippen molar-refractivity contribution in [2.75, 3.05) is 11.9 Å². The first kappa shape index (κ1) is 21.1. The van der Waals surface area contributed by atoms with Crippen molar-refractivity contribution in [2.24, 2.45) is 0 Å². The Kier molecular flexibility index (Phi) is 7.12. The van der Waals surface area contributed by atoms with Crippen LogP contribution in [-0.4, -0.2) is 23.8 Å². The van der Waals surface area contributed by atoms with Gasteiger partial charge in [0.2, 0.25) is 0 Å². The van der Waals surface area contributed by atoms with Gasteiger partial charge in [-0.15, -0.1) is 13.2 Å². The van der Waals surface area contributed by atoms with E-state index in [9.17, 15) is 13.2 Å². The Morgan fingerprint density at radius 3 is 2.56 bits per heavy atom. The molecule has 4 nitrogen and oxygen atoms in total. The molecule has 0 spiro atoms. The second kappa shape index (κ2) is 9.12. The molecule has 0 fully saturated rings. The van der Waals surface area contributed by atoms with Crippen molar-refractivity contribution in [1.29, 1.82) is 5.41 Å². The van der Waals surface area contributed by atoms with Gasteiger partial charge in [0.1, 0.15) is 5.75 Å². The van der Waals surface area contributed by atoms with Crippen molar-refractivity contribution in [3.63, 3.8) is 0 Å². The number of alkyl halides is 3. The number of aliphatic hydroxyl groups is 1. The molecule has 144 valence electrons. The molecule has 0 bridgehead atoms. The Morgan fingerprint density at radius 1 is 1.19 bits per heavy atom. The van der Waals surface area contributed by atoms with E-state index in [1.807, 2.05) is 0 Å². The second-order valence-electron chi connectivity index (χ2n) is 5.34. The molecule has 3 N–H and O–H groups in total. The van der Waals surface area contributed by atoms with Crippen molar-refractivity contribution in [3.05, 3.63) is 69.7 Å². The summed E-state index contributed by atoms with van der Waals surface area (Å²) in [5.41, 5.74) is 1.26. The Morgan fingerprint density at radius 2 is 1.93 bits per heavy atom. The van der Waals surface area contributed by atoms with Gasteiger partial charge in [-0.2, -0.15) is 0 Å². The molecule has 0 amide bonds. The third-order valence-electron chi connectivity index (χ3n) is 3.39. The van der Waals surface area contributed by atoms with Crippen molar-refractivity contribution in [3.8, 4) is 5.75 Å². The molecule has 0 unspecified atom stereocenters. The molecule has 2 aromatic carbocycles. The van der Waals surface area contributed by atoms with Gasteiger partial charge in [0, 0.05) is 33.9 Å². The summed E-state index contributed by atoms with van der Waals surface area (Å²) in [6, 6.07) is 8.47.